The monoisotopic (exact) mass is 301 g/mol. The van der Waals surface area contributed by atoms with E-state index in [0.717, 1.165) is 31.7 Å². The van der Waals surface area contributed by atoms with E-state index < -0.39 is 11.7 Å². The summed E-state index contributed by atoms with van der Waals surface area (Å²) in [5.41, 5.74) is -0.163. The van der Waals surface area contributed by atoms with E-state index in [0.29, 0.717) is 5.92 Å². The van der Waals surface area contributed by atoms with Crippen LogP contribution in [0.5, 0.6) is 0 Å². The minimum Gasteiger partial charge on any atom is -0.392 e. The highest BCUT2D eigenvalue weighted by molar-refractivity contribution is 5.56. The van der Waals surface area contributed by atoms with Gasteiger partial charge in [0.2, 0.25) is 0 Å². The average Bonchev–Trinajstić information content (AvgIpc) is 2.45. The van der Waals surface area contributed by atoms with Gasteiger partial charge in [0.05, 0.1) is 12.2 Å². The Morgan fingerprint density at radius 2 is 1.90 bits per heavy atom. The number of hydrogen-bond donors (Lipinski definition) is 1. The predicted octanol–water partition coefficient (Wildman–Crippen LogP) is 4.21. The molecule has 21 heavy (non-hydrogen) atoms. The molecule has 1 aliphatic rings. The summed E-state index contributed by atoms with van der Waals surface area (Å²) in [5, 5.41) is 9.07. The molecule has 0 heterocycles. The lowest BCUT2D eigenvalue weighted by atomic mass is 9.84. The van der Waals surface area contributed by atoms with E-state index in [-0.39, 0.29) is 23.9 Å². The van der Waals surface area contributed by atoms with Crippen molar-refractivity contribution >= 4 is 5.69 Å². The largest absolute Gasteiger partial charge is 0.418 e. The van der Waals surface area contributed by atoms with Crippen LogP contribution in [0.4, 0.5) is 18.9 Å². The molecule has 2 unspecified atom stereocenters. The van der Waals surface area contributed by atoms with Crippen molar-refractivity contribution in [3.05, 3.63) is 29.3 Å². The Kier molecular flexibility index (Phi) is 4.81. The molecule has 1 aromatic carbocycles. The van der Waals surface area contributed by atoms with Gasteiger partial charge in [0.25, 0.3) is 0 Å². The minimum absolute atomic E-state index is 0.139. The molecular weight excluding hydrogens is 279 g/mol. The van der Waals surface area contributed by atoms with E-state index in [9.17, 15) is 13.2 Å². The summed E-state index contributed by atoms with van der Waals surface area (Å²) in [4.78, 5) is 1.77. The van der Waals surface area contributed by atoms with Gasteiger partial charge in [0, 0.05) is 18.8 Å². The third-order valence-corrected chi connectivity index (χ3v) is 4.49. The van der Waals surface area contributed by atoms with Crippen molar-refractivity contribution < 1.29 is 18.3 Å². The van der Waals surface area contributed by atoms with Gasteiger partial charge >= 0.3 is 6.18 Å². The number of benzene rings is 1. The molecule has 2 rings (SSSR count). The molecule has 1 aliphatic carbocycles. The van der Waals surface area contributed by atoms with Crippen molar-refractivity contribution in [3.8, 4) is 0 Å². The molecule has 0 amide bonds. The van der Waals surface area contributed by atoms with Crippen LogP contribution in [-0.2, 0) is 12.8 Å². The van der Waals surface area contributed by atoms with Gasteiger partial charge in [0.1, 0.15) is 0 Å². The molecule has 118 valence electrons. The number of rotatable bonds is 3. The molecule has 1 N–H and O–H groups in total. The van der Waals surface area contributed by atoms with Crippen LogP contribution in [0.2, 0.25) is 0 Å². The van der Waals surface area contributed by atoms with Crippen molar-refractivity contribution in [1.29, 1.82) is 0 Å². The SMILES string of the molecule is CC1CCCCC1N(C)c1ccc(CO)cc1C(F)(F)F. The molecule has 0 radical (unpaired) electrons. The summed E-state index contributed by atoms with van der Waals surface area (Å²) in [6.45, 7) is 1.72. The van der Waals surface area contributed by atoms with Gasteiger partial charge in [-0.3, -0.25) is 0 Å². The molecule has 0 bridgehead atoms. The summed E-state index contributed by atoms with van der Waals surface area (Å²) < 4.78 is 39.8. The minimum atomic E-state index is -4.41. The van der Waals surface area contributed by atoms with E-state index in [2.05, 4.69) is 6.92 Å². The first-order valence-electron chi connectivity index (χ1n) is 7.38. The van der Waals surface area contributed by atoms with Gasteiger partial charge in [-0.2, -0.15) is 13.2 Å². The van der Waals surface area contributed by atoms with Crippen LogP contribution >= 0.6 is 0 Å². The van der Waals surface area contributed by atoms with E-state index in [1.165, 1.54) is 6.07 Å². The zero-order chi connectivity index (χ0) is 15.6. The number of aliphatic hydroxyl groups excluding tert-OH is 1. The lowest BCUT2D eigenvalue weighted by Crippen LogP contribution is -2.40. The maximum Gasteiger partial charge on any atom is 0.418 e. The number of alkyl halides is 3. The lowest BCUT2D eigenvalue weighted by molar-refractivity contribution is -0.137. The highest BCUT2D eigenvalue weighted by Crippen LogP contribution is 2.39. The Morgan fingerprint density at radius 1 is 1.24 bits per heavy atom. The first kappa shape index (κ1) is 16.1. The van der Waals surface area contributed by atoms with E-state index >= 15 is 0 Å². The van der Waals surface area contributed by atoms with Crippen molar-refractivity contribution in [2.24, 2.45) is 5.92 Å². The van der Waals surface area contributed by atoms with Gasteiger partial charge in [-0.1, -0.05) is 25.8 Å². The maximum absolute atomic E-state index is 13.3. The topological polar surface area (TPSA) is 23.5 Å². The molecule has 1 aromatic rings. The summed E-state index contributed by atoms with van der Waals surface area (Å²) in [7, 11) is 1.75. The van der Waals surface area contributed by atoms with Gasteiger partial charge in [-0.25, -0.2) is 0 Å². The van der Waals surface area contributed by atoms with Crippen LogP contribution in [0.25, 0.3) is 0 Å². The molecule has 2 atom stereocenters. The average molecular weight is 301 g/mol. The lowest BCUT2D eigenvalue weighted by Gasteiger charge is -2.38. The van der Waals surface area contributed by atoms with Crippen LogP contribution < -0.4 is 4.90 Å². The van der Waals surface area contributed by atoms with Crippen LogP contribution in [0.3, 0.4) is 0 Å². The normalized spacial score (nSPS) is 23.1. The van der Waals surface area contributed by atoms with Crippen LogP contribution in [0.15, 0.2) is 18.2 Å². The van der Waals surface area contributed by atoms with Gasteiger partial charge in [-0.05, 0) is 36.5 Å². The summed E-state index contributed by atoms with van der Waals surface area (Å²) in [6, 6.07) is 4.24. The number of anilines is 1. The van der Waals surface area contributed by atoms with Crippen molar-refractivity contribution in [2.75, 3.05) is 11.9 Å². The van der Waals surface area contributed by atoms with Gasteiger partial charge in [0.15, 0.2) is 0 Å². The number of halogens is 3. The van der Waals surface area contributed by atoms with E-state index in [4.69, 9.17) is 5.11 Å². The van der Waals surface area contributed by atoms with E-state index in [1.807, 2.05) is 0 Å². The third-order valence-electron chi connectivity index (χ3n) is 4.49. The molecule has 0 aromatic heterocycles. The number of aliphatic hydroxyl groups is 1. The first-order chi connectivity index (χ1) is 9.84. The third kappa shape index (κ3) is 3.51. The first-order valence-corrected chi connectivity index (χ1v) is 7.38. The summed E-state index contributed by atoms with van der Waals surface area (Å²) in [6.07, 6.45) is -0.203. The second-order valence-electron chi connectivity index (χ2n) is 5.95. The molecule has 1 saturated carbocycles. The quantitative estimate of drug-likeness (QED) is 0.904. The molecule has 0 spiro atoms. The zero-order valence-corrected chi connectivity index (χ0v) is 12.5. The molecular formula is C16H22F3NO. The molecule has 1 fully saturated rings. The maximum atomic E-state index is 13.3. The Labute approximate surface area is 123 Å². The Balaban J connectivity index is 2.37. The molecule has 2 nitrogen and oxygen atoms in total. The number of nitrogens with zero attached hydrogens (tertiary/aromatic N) is 1. The Bertz CT molecular complexity index is 487. The summed E-state index contributed by atoms with van der Waals surface area (Å²) in [5.74, 6) is 0.391. The fraction of sp³-hybridized carbons (Fsp3) is 0.625. The van der Waals surface area contributed by atoms with Crippen LogP contribution in [-0.4, -0.2) is 18.2 Å². The van der Waals surface area contributed by atoms with Crippen LogP contribution in [0.1, 0.15) is 43.7 Å². The molecule has 0 saturated heterocycles. The predicted molar refractivity (Wildman–Crippen MR) is 77.2 cm³/mol. The van der Waals surface area contributed by atoms with Gasteiger partial charge < -0.3 is 10.0 Å². The highest BCUT2D eigenvalue weighted by Gasteiger charge is 2.36. The van der Waals surface area contributed by atoms with Crippen molar-refractivity contribution in [3.63, 3.8) is 0 Å². The summed E-state index contributed by atoms with van der Waals surface area (Å²) >= 11 is 0. The Morgan fingerprint density at radius 3 is 2.48 bits per heavy atom. The second-order valence-corrected chi connectivity index (χ2v) is 5.95. The number of hydrogen-bond acceptors (Lipinski definition) is 2. The fourth-order valence-corrected chi connectivity index (χ4v) is 3.27. The Hall–Kier alpha value is -1.23. The zero-order valence-electron chi connectivity index (χ0n) is 12.5. The van der Waals surface area contributed by atoms with Crippen LogP contribution in [0, 0.1) is 5.92 Å². The van der Waals surface area contributed by atoms with Crippen molar-refractivity contribution in [1.82, 2.24) is 0 Å². The fourth-order valence-electron chi connectivity index (χ4n) is 3.27. The van der Waals surface area contributed by atoms with Crippen molar-refractivity contribution in [2.45, 2.75) is 51.4 Å². The standard InChI is InChI=1S/C16H22F3NO/c1-11-5-3-4-6-14(11)20(2)15-8-7-12(10-21)9-13(15)16(17,18)19/h7-9,11,14,21H,3-6,10H2,1-2H3. The smallest absolute Gasteiger partial charge is 0.392 e. The molecule has 0 aliphatic heterocycles. The molecule has 5 heteroatoms. The van der Waals surface area contributed by atoms with Gasteiger partial charge in [-0.15, -0.1) is 0 Å². The highest BCUT2D eigenvalue weighted by atomic mass is 19.4. The van der Waals surface area contributed by atoms with E-state index in [1.54, 1.807) is 18.0 Å². The second kappa shape index (κ2) is 6.26.